The van der Waals surface area contributed by atoms with Crippen LogP contribution < -0.4 is 24.8 Å². The van der Waals surface area contributed by atoms with Crippen molar-refractivity contribution in [3.63, 3.8) is 0 Å². The monoisotopic (exact) mass is 861 g/mol. The fraction of sp³-hybridized carbons (Fsp3) is 0.643. The van der Waals surface area contributed by atoms with E-state index in [1.54, 1.807) is 26.1 Å². The van der Waals surface area contributed by atoms with E-state index in [1.807, 2.05) is 37.3 Å². The van der Waals surface area contributed by atoms with Gasteiger partial charge in [-0.2, -0.15) is 13.2 Å². The van der Waals surface area contributed by atoms with Crippen LogP contribution in [0.4, 0.5) is 18.0 Å². The van der Waals surface area contributed by atoms with Gasteiger partial charge >= 0.3 is 12.3 Å². The first-order valence-electron chi connectivity index (χ1n) is 20.7. The molecular formula is C42H54F3N5O9S. The molecule has 5 aliphatic rings. The summed E-state index contributed by atoms with van der Waals surface area (Å²) in [5, 5.41) is 6.58. The van der Waals surface area contributed by atoms with Gasteiger partial charge in [0.15, 0.2) is 0 Å². The summed E-state index contributed by atoms with van der Waals surface area (Å²) < 4.78 is 86.2. The minimum Gasteiger partial charge on any atom is -0.491 e. The Kier molecular flexibility index (Phi) is 11.6. The highest BCUT2D eigenvalue weighted by Crippen LogP contribution is 2.48. The Morgan fingerprint density at radius 3 is 2.42 bits per heavy atom. The van der Waals surface area contributed by atoms with E-state index in [2.05, 4.69) is 20.3 Å². The van der Waals surface area contributed by atoms with Crippen molar-refractivity contribution >= 4 is 44.6 Å². The Balaban J connectivity index is 1.21. The number of carbonyl (C=O) groups is 4. The first-order valence-corrected chi connectivity index (χ1v) is 22.2. The van der Waals surface area contributed by atoms with Crippen LogP contribution in [0, 0.1) is 23.7 Å². The van der Waals surface area contributed by atoms with E-state index < -0.39 is 85.9 Å². The molecule has 0 bridgehead atoms. The maximum Gasteiger partial charge on any atom is 0.427 e. The molecule has 2 aromatic rings. The Morgan fingerprint density at radius 1 is 1.05 bits per heavy atom. The Labute approximate surface area is 347 Å². The predicted molar refractivity (Wildman–Crippen MR) is 213 cm³/mol. The first-order chi connectivity index (χ1) is 28.1. The second-order valence-electron chi connectivity index (χ2n) is 18.2. The number of alkyl carbamates (subject to hydrolysis) is 1. The van der Waals surface area contributed by atoms with Gasteiger partial charge in [-0.1, -0.05) is 44.2 Å². The van der Waals surface area contributed by atoms with E-state index in [1.165, 1.54) is 4.90 Å². The zero-order valence-corrected chi connectivity index (χ0v) is 35.3. The van der Waals surface area contributed by atoms with E-state index in [4.69, 9.17) is 14.2 Å². The van der Waals surface area contributed by atoms with Crippen LogP contribution in [0.15, 0.2) is 42.6 Å². The number of benzene rings is 1. The third-order valence-corrected chi connectivity index (χ3v) is 14.9. The molecule has 0 spiro atoms. The fourth-order valence-corrected chi connectivity index (χ4v) is 9.35. The van der Waals surface area contributed by atoms with Crippen molar-refractivity contribution in [2.24, 2.45) is 23.7 Å². The number of nitrogens with zero attached hydrogens (tertiary/aromatic N) is 2. The van der Waals surface area contributed by atoms with Gasteiger partial charge in [-0.15, -0.1) is 0 Å². The van der Waals surface area contributed by atoms with Crippen LogP contribution in [0.25, 0.3) is 10.8 Å². The van der Waals surface area contributed by atoms with Gasteiger partial charge in [-0.3, -0.25) is 19.1 Å². The minimum atomic E-state index is -4.91. The molecule has 4 amide bonds. The minimum absolute atomic E-state index is 0.0352. The van der Waals surface area contributed by atoms with Crippen molar-refractivity contribution in [1.29, 1.82) is 0 Å². The van der Waals surface area contributed by atoms with Crippen molar-refractivity contribution in [3.8, 4) is 11.6 Å². The Hall–Kier alpha value is -4.61. The lowest BCUT2D eigenvalue weighted by Crippen LogP contribution is -2.59. The lowest BCUT2D eigenvalue weighted by molar-refractivity contribution is -0.244. The summed E-state index contributed by atoms with van der Waals surface area (Å²) in [6.07, 6.45) is 2.47. The summed E-state index contributed by atoms with van der Waals surface area (Å²) in [5.41, 5.74) is -4.52. The quantitative estimate of drug-likeness (QED) is 0.251. The number of rotatable bonds is 10. The Morgan fingerprint density at radius 2 is 1.75 bits per heavy atom. The number of alkyl halides is 3. The maximum absolute atomic E-state index is 14.8. The van der Waals surface area contributed by atoms with Crippen LogP contribution in [-0.2, 0) is 29.1 Å². The number of amides is 4. The molecule has 0 radical (unpaired) electrons. The second kappa shape index (κ2) is 16.0. The average Bonchev–Trinajstić information content (AvgIpc) is 4.12. The third-order valence-electron chi connectivity index (χ3n) is 12.7. The summed E-state index contributed by atoms with van der Waals surface area (Å²) in [4.78, 5) is 62.3. The molecule has 3 aliphatic carbocycles. The predicted octanol–water partition coefficient (Wildman–Crippen LogP) is 5.69. The van der Waals surface area contributed by atoms with E-state index in [-0.39, 0.29) is 31.2 Å². The first kappa shape index (κ1) is 43.5. The Bertz CT molecular complexity index is 2160. The number of fused-ring (bicyclic) bond motifs is 3. The topological polar surface area (TPSA) is 182 Å². The molecule has 3 heterocycles. The number of pyridine rings is 1. The van der Waals surface area contributed by atoms with Crippen LogP contribution in [0.2, 0.25) is 0 Å². The van der Waals surface area contributed by atoms with Crippen molar-refractivity contribution in [3.05, 3.63) is 42.6 Å². The number of allylic oxidation sites excluding steroid dienone is 1. The molecule has 14 nitrogen and oxygen atoms in total. The molecular weight excluding hydrogens is 808 g/mol. The molecule has 2 aliphatic heterocycles. The highest BCUT2D eigenvalue weighted by Gasteiger charge is 2.63. The van der Waals surface area contributed by atoms with Gasteiger partial charge in [-0.05, 0) is 96.0 Å². The van der Waals surface area contributed by atoms with Crippen LogP contribution in [0.1, 0.15) is 92.4 Å². The molecule has 1 aromatic carbocycles. The molecule has 4 fully saturated rings. The van der Waals surface area contributed by atoms with Crippen LogP contribution >= 0.6 is 0 Å². The van der Waals surface area contributed by atoms with Crippen molar-refractivity contribution in [2.45, 2.75) is 133 Å². The summed E-state index contributed by atoms with van der Waals surface area (Å²) in [7, 11) is -4.08. The normalized spacial score (nSPS) is 30.1. The van der Waals surface area contributed by atoms with Gasteiger partial charge in [0, 0.05) is 23.1 Å². The molecule has 3 saturated carbocycles. The number of hydrogen-bond acceptors (Lipinski definition) is 10. The third kappa shape index (κ3) is 9.03. The lowest BCUT2D eigenvalue weighted by atomic mass is 9.88. The van der Waals surface area contributed by atoms with Gasteiger partial charge in [0.2, 0.25) is 33.3 Å². The molecule has 1 saturated heterocycles. The zero-order chi connectivity index (χ0) is 43.4. The summed E-state index contributed by atoms with van der Waals surface area (Å²) in [6, 6.07) is 4.59. The maximum atomic E-state index is 14.8. The van der Waals surface area contributed by atoms with Gasteiger partial charge in [0.05, 0.1) is 24.1 Å². The number of aromatic nitrogens is 1. The molecule has 3 N–H and O–H groups in total. The van der Waals surface area contributed by atoms with Crippen LogP contribution in [-0.4, -0.2) is 95.5 Å². The second-order valence-corrected chi connectivity index (χ2v) is 20.4. The summed E-state index contributed by atoms with van der Waals surface area (Å²) in [5.74, 6) is -2.37. The SMILES string of the molecule is C[C@@H]1CC/C=C\[C@@H]2C[C@@]2(C(=O)NS(=O)(=O)C2(C)CC2)NC(=O)[C@@H]2C[C@@H](Oc3ncc(OCC4CC4)c4ccccc34)CN2C(=O)[C@@H](NC(=O)OC(C)(C)C(F)(F)F)[C@H](C)C1. The molecule has 18 heteroatoms. The zero-order valence-electron chi connectivity index (χ0n) is 34.5. The highest BCUT2D eigenvalue weighted by atomic mass is 32.2. The summed E-state index contributed by atoms with van der Waals surface area (Å²) in [6.45, 7) is 6.93. The van der Waals surface area contributed by atoms with E-state index in [0.717, 1.165) is 18.2 Å². The van der Waals surface area contributed by atoms with Crippen LogP contribution in [0.5, 0.6) is 11.6 Å². The van der Waals surface area contributed by atoms with Gasteiger partial charge in [0.25, 0.3) is 5.91 Å². The van der Waals surface area contributed by atoms with Crippen LogP contribution in [0.3, 0.4) is 0 Å². The molecule has 60 heavy (non-hydrogen) atoms. The van der Waals surface area contributed by atoms with Gasteiger partial charge in [-0.25, -0.2) is 18.2 Å². The molecule has 328 valence electrons. The van der Waals surface area contributed by atoms with Gasteiger partial charge in [0.1, 0.15) is 29.5 Å². The molecule has 0 unspecified atom stereocenters. The number of sulfonamides is 1. The van der Waals surface area contributed by atoms with Crippen molar-refractivity contribution in [2.75, 3.05) is 13.2 Å². The van der Waals surface area contributed by atoms with Crippen molar-refractivity contribution in [1.82, 2.24) is 25.2 Å². The lowest BCUT2D eigenvalue weighted by Gasteiger charge is -2.34. The van der Waals surface area contributed by atoms with Crippen molar-refractivity contribution < 1.29 is 55.0 Å². The average molecular weight is 862 g/mol. The highest BCUT2D eigenvalue weighted by molar-refractivity contribution is 7.91. The number of hydrogen-bond donors (Lipinski definition) is 3. The van der Waals surface area contributed by atoms with Gasteiger partial charge < -0.3 is 29.7 Å². The smallest absolute Gasteiger partial charge is 0.427 e. The van der Waals surface area contributed by atoms with E-state index >= 15 is 0 Å². The molecule has 7 atom stereocenters. The number of ether oxygens (including phenoxy) is 3. The molecule has 7 rings (SSSR count). The summed E-state index contributed by atoms with van der Waals surface area (Å²) >= 11 is 0. The number of carbonyl (C=O) groups excluding carboxylic acids is 4. The van der Waals surface area contributed by atoms with E-state index in [9.17, 15) is 40.8 Å². The molecule has 1 aromatic heterocycles. The van der Waals surface area contributed by atoms with E-state index in [0.29, 0.717) is 69.6 Å². The largest absolute Gasteiger partial charge is 0.491 e. The number of halogens is 3. The standard InChI is InChI=1S/C42H54F3N5O9S/c1-24-10-6-7-11-27-20-41(27,37(53)49-60(55,56)40(5)16-17-40)48-34(51)31-19-28(58-35-30-13-9-8-12-29(30)32(21-46-35)57-23-26-14-15-26)22-50(31)36(52)33(25(2)18-24)47-38(54)59-39(3,4)42(43,44)45/h7-9,11-13,21,24-28,31,33H,6,10,14-20,22-23H2,1-5H3,(H,47,54)(H,48,51)(H,49,53)/b11-7-/t24-,25-,27-,28-,31+,33+,41-/m1/s1. The fourth-order valence-electron chi connectivity index (χ4n) is 8.04. The number of nitrogens with one attached hydrogen (secondary N) is 3.